The second-order valence-electron chi connectivity index (χ2n) is 8.44. The third kappa shape index (κ3) is 7.62. The number of aryl methyl sites for hydroxylation is 3. The van der Waals surface area contributed by atoms with E-state index < -0.39 is 10.0 Å². The molecule has 0 amide bonds. The summed E-state index contributed by atoms with van der Waals surface area (Å²) in [7, 11) is -3.80. The van der Waals surface area contributed by atoms with Crippen LogP contribution in [-0.4, -0.2) is 13.3 Å². The van der Waals surface area contributed by atoms with Gasteiger partial charge in [-0.2, -0.15) is 0 Å². The minimum absolute atomic E-state index is 0.0271. The van der Waals surface area contributed by atoms with Gasteiger partial charge in [0.1, 0.15) is 0 Å². The lowest BCUT2D eigenvalue weighted by Gasteiger charge is -2.18. The van der Waals surface area contributed by atoms with Gasteiger partial charge in [0.2, 0.25) is 0 Å². The molecule has 0 fully saturated rings. The lowest BCUT2D eigenvalue weighted by atomic mass is 9.97. The quantitative estimate of drug-likeness (QED) is 0.188. The predicted molar refractivity (Wildman–Crippen MR) is 131 cm³/mol. The Kier molecular flexibility index (Phi) is 10.2. The van der Waals surface area contributed by atoms with E-state index in [0.29, 0.717) is 29.7 Å². The van der Waals surface area contributed by atoms with E-state index in [1.807, 2.05) is 6.92 Å². The minimum Gasteiger partial charge on any atom is -0.279 e. The van der Waals surface area contributed by atoms with Crippen molar-refractivity contribution in [3.05, 3.63) is 63.2 Å². The van der Waals surface area contributed by atoms with E-state index in [-0.39, 0.29) is 15.5 Å². The van der Waals surface area contributed by atoms with Crippen molar-refractivity contribution in [2.45, 2.75) is 89.9 Å². The normalized spacial score (nSPS) is 11.5. The van der Waals surface area contributed by atoms with Gasteiger partial charge in [-0.1, -0.05) is 70.1 Å². The van der Waals surface area contributed by atoms with Gasteiger partial charge in [0.15, 0.2) is 0 Å². The predicted octanol–water partition coefficient (Wildman–Crippen LogP) is 6.95. The molecule has 0 saturated heterocycles. The Morgan fingerprint density at radius 2 is 1.34 bits per heavy atom. The Morgan fingerprint density at radius 1 is 0.844 bits per heavy atom. The molecule has 0 aromatic heterocycles. The summed E-state index contributed by atoms with van der Waals surface area (Å²) < 4.78 is 29.1. The molecular formula is C25H36N2O4S. The van der Waals surface area contributed by atoms with Crippen molar-refractivity contribution in [3.8, 4) is 0 Å². The molecule has 0 unspecified atom stereocenters. The fourth-order valence-corrected chi connectivity index (χ4v) is 4.92. The molecule has 2 aromatic rings. The van der Waals surface area contributed by atoms with Crippen molar-refractivity contribution in [1.82, 2.24) is 0 Å². The molecule has 0 aliphatic rings. The zero-order chi connectivity index (χ0) is 23.6. The van der Waals surface area contributed by atoms with E-state index in [9.17, 15) is 18.5 Å². The number of nitro groups is 1. The summed E-state index contributed by atoms with van der Waals surface area (Å²) in [4.78, 5) is 11.4. The molecule has 2 aromatic carbocycles. The maximum atomic E-state index is 13.1. The lowest BCUT2D eigenvalue weighted by molar-refractivity contribution is -0.385. The number of hydrogen-bond acceptors (Lipinski definition) is 4. The number of rotatable bonds is 14. The Hall–Kier alpha value is -2.41. The molecule has 7 heteroatoms. The highest BCUT2D eigenvalue weighted by Gasteiger charge is 2.22. The maximum absolute atomic E-state index is 13.1. The van der Waals surface area contributed by atoms with Crippen LogP contribution in [0.25, 0.3) is 0 Å². The van der Waals surface area contributed by atoms with Gasteiger partial charge in [-0.3, -0.25) is 14.8 Å². The van der Waals surface area contributed by atoms with Gasteiger partial charge in [-0.15, -0.1) is 0 Å². The van der Waals surface area contributed by atoms with E-state index in [1.165, 1.54) is 12.1 Å². The fraction of sp³-hybridized carbons (Fsp3) is 0.520. The van der Waals surface area contributed by atoms with Crippen LogP contribution < -0.4 is 4.72 Å². The molecule has 0 bridgehead atoms. The van der Waals surface area contributed by atoms with Crippen LogP contribution in [0, 0.1) is 17.0 Å². The number of nitrogens with zero attached hydrogens (tertiary/aromatic N) is 1. The van der Waals surface area contributed by atoms with E-state index in [1.54, 1.807) is 24.3 Å². The van der Waals surface area contributed by atoms with Crippen LogP contribution in [0.1, 0.15) is 81.9 Å². The summed E-state index contributed by atoms with van der Waals surface area (Å²) in [6.07, 6.45) is 9.31. The van der Waals surface area contributed by atoms with Gasteiger partial charge in [0.25, 0.3) is 15.7 Å². The van der Waals surface area contributed by atoms with Crippen molar-refractivity contribution in [3.63, 3.8) is 0 Å². The molecule has 0 radical (unpaired) electrons. The Morgan fingerprint density at radius 3 is 1.78 bits per heavy atom. The first-order valence-electron chi connectivity index (χ1n) is 11.7. The zero-order valence-electron chi connectivity index (χ0n) is 19.5. The van der Waals surface area contributed by atoms with Crippen LogP contribution in [0.15, 0.2) is 41.3 Å². The highest BCUT2D eigenvalue weighted by Crippen LogP contribution is 2.32. The van der Waals surface area contributed by atoms with Gasteiger partial charge in [-0.25, -0.2) is 8.42 Å². The van der Waals surface area contributed by atoms with Crippen LogP contribution in [0.4, 0.5) is 11.4 Å². The first-order chi connectivity index (χ1) is 15.3. The van der Waals surface area contributed by atoms with Gasteiger partial charge < -0.3 is 0 Å². The Bertz CT molecular complexity index is 952. The molecule has 0 saturated carbocycles. The maximum Gasteiger partial charge on any atom is 0.270 e. The SMILES string of the molecule is CCCCCCc1cc([N+](=O)[O-])cc(CCCCCC)c1NS(=O)(=O)c1ccc(C)cc1. The number of benzene rings is 2. The first-order valence-corrected chi connectivity index (χ1v) is 13.2. The zero-order valence-corrected chi connectivity index (χ0v) is 20.3. The average Bonchev–Trinajstić information content (AvgIpc) is 2.75. The van der Waals surface area contributed by atoms with E-state index in [0.717, 1.165) is 56.9 Å². The standard InChI is InChI=1S/C25H36N2O4S/c1-4-6-8-10-12-21-18-23(27(28)29)19-22(13-11-9-7-5-2)25(21)26-32(30,31)24-16-14-20(3)15-17-24/h14-19,26H,4-13H2,1-3H3. The van der Waals surface area contributed by atoms with E-state index in [4.69, 9.17) is 0 Å². The summed E-state index contributed by atoms with van der Waals surface area (Å²) in [6, 6.07) is 9.78. The number of sulfonamides is 1. The highest BCUT2D eigenvalue weighted by molar-refractivity contribution is 7.92. The van der Waals surface area contributed by atoms with Gasteiger partial charge in [0, 0.05) is 12.1 Å². The molecule has 32 heavy (non-hydrogen) atoms. The van der Waals surface area contributed by atoms with Crippen molar-refractivity contribution < 1.29 is 13.3 Å². The average molecular weight is 461 g/mol. The second kappa shape index (κ2) is 12.6. The third-order valence-electron chi connectivity index (χ3n) is 5.66. The van der Waals surface area contributed by atoms with Crippen molar-refractivity contribution in [1.29, 1.82) is 0 Å². The molecular weight excluding hydrogens is 424 g/mol. The number of unbranched alkanes of at least 4 members (excludes halogenated alkanes) is 6. The van der Waals surface area contributed by atoms with Gasteiger partial charge in [0.05, 0.1) is 15.5 Å². The van der Waals surface area contributed by atoms with Crippen LogP contribution in [0.3, 0.4) is 0 Å². The van der Waals surface area contributed by atoms with Crippen molar-refractivity contribution in [2.24, 2.45) is 0 Å². The molecule has 176 valence electrons. The molecule has 0 atom stereocenters. The monoisotopic (exact) mass is 460 g/mol. The fourth-order valence-electron chi connectivity index (χ4n) is 3.78. The Labute approximate surface area is 192 Å². The van der Waals surface area contributed by atoms with Gasteiger partial charge >= 0.3 is 0 Å². The van der Waals surface area contributed by atoms with E-state index >= 15 is 0 Å². The van der Waals surface area contributed by atoms with Crippen LogP contribution >= 0.6 is 0 Å². The van der Waals surface area contributed by atoms with Crippen molar-refractivity contribution in [2.75, 3.05) is 4.72 Å². The minimum atomic E-state index is -3.80. The first kappa shape index (κ1) is 25.8. The van der Waals surface area contributed by atoms with Gasteiger partial charge in [-0.05, 0) is 55.9 Å². The number of nitro benzene ring substituents is 1. The number of nitrogens with one attached hydrogen (secondary N) is 1. The number of anilines is 1. The molecule has 0 heterocycles. The molecule has 0 aliphatic carbocycles. The summed E-state index contributed by atoms with van der Waals surface area (Å²) in [5.74, 6) is 0. The third-order valence-corrected chi connectivity index (χ3v) is 7.03. The number of hydrogen-bond donors (Lipinski definition) is 1. The Balaban J connectivity index is 2.45. The smallest absolute Gasteiger partial charge is 0.270 e. The summed E-state index contributed by atoms with van der Waals surface area (Å²) in [6.45, 7) is 6.16. The van der Waals surface area contributed by atoms with Crippen LogP contribution in [0.2, 0.25) is 0 Å². The summed E-state index contributed by atoms with van der Waals surface area (Å²) >= 11 is 0. The summed E-state index contributed by atoms with van der Waals surface area (Å²) in [5.41, 5.74) is 2.93. The topological polar surface area (TPSA) is 89.3 Å². The molecule has 0 aliphatic heterocycles. The molecule has 0 spiro atoms. The largest absolute Gasteiger partial charge is 0.279 e. The molecule has 2 rings (SSSR count). The number of non-ortho nitro benzene ring substituents is 1. The van der Waals surface area contributed by atoms with Crippen molar-refractivity contribution >= 4 is 21.4 Å². The highest BCUT2D eigenvalue weighted by atomic mass is 32.2. The second-order valence-corrected chi connectivity index (χ2v) is 10.1. The van der Waals surface area contributed by atoms with Crippen LogP contribution in [-0.2, 0) is 22.9 Å². The molecule has 6 nitrogen and oxygen atoms in total. The lowest BCUT2D eigenvalue weighted by Crippen LogP contribution is -2.16. The van der Waals surface area contributed by atoms with E-state index in [2.05, 4.69) is 18.6 Å². The molecule has 1 N–H and O–H groups in total. The summed E-state index contributed by atoms with van der Waals surface area (Å²) in [5, 5.41) is 11.6. The van der Waals surface area contributed by atoms with Crippen LogP contribution in [0.5, 0.6) is 0 Å².